The molecule has 1 aliphatic heterocycles. The van der Waals surface area contributed by atoms with E-state index in [-0.39, 0.29) is 19.1 Å². The summed E-state index contributed by atoms with van der Waals surface area (Å²) in [7, 11) is 0. The summed E-state index contributed by atoms with van der Waals surface area (Å²) in [5.41, 5.74) is 3.18. The number of rotatable bonds is 3. The number of ether oxygens (including phenoxy) is 2. The monoisotopic (exact) mass is 391 g/mol. The van der Waals surface area contributed by atoms with Crippen molar-refractivity contribution in [1.82, 2.24) is 0 Å². The van der Waals surface area contributed by atoms with E-state index >= 15 is 0 Å². The highest BCUT2D eigenvalue weighted by atomic mass is 16.7. The molecule has 0 saturated heterocycles. The van der Waals surface area contributed by atoms with E-state index in [1.807, 2.05) is 19.9 Å². The Labute approximate surface area is 164 Å². The number of carbonyl (C=O) groups excluding carboxylic acids is 1. The van der Waals surface area contributed by atoms with Gasteiger partial charge in [0.1, 0.15) is 11.2 Å². The number of hydrogen-bond acceptors (Lipinski definition) is 6. The fourth-order valence-electron chi connectivity index (χ4n) is 3.58. The lowest BCUT2D eigenvalue weighted by Gasteiger charge is -2.09. The second-order valence-electron chi connectivity index (χ2n) is 7.05. The number of carbonyl (C=O) groups is 1. The van der Waals surface area contributed by atoms with E-state index < -0.39 is 5.63 Å². The number of fused-ring (bicyclic) bond motifs is 3. The average Bonchev–Trinajstić information content (AvgIpc) is 3.30. The lowest BCUT2D eigenvalue weighted by molar-refractivity contribution is -0.115. The summed E-state index contributed by atoms with van der Waals surface area (Å²) in [4.78, 5) is 25.1. The van der Waals surface area contributed by atoms with Crippen molar-refractivity contribution < 1.29 is 23.1 Å². The fourth-order valence-corrected chi connectivity index (χ4v) is 3.58. The summed E-state index contributed by atoms with van der Waals surface area (Å²) >= 11 is 0. The second kappa shape index (κ2) is 6.41. The van der Waals surface area contributed by atoms with Crippen LogP contribution in [0.1, 0.15) is 16.7 Å². The zero-order valence-electron chi connectivity index (χ0n) is 15.8. The lowest BCUT2D eigenvalue weighted by atomic mass is 10.0. The third kappa shape index (κ3) is 2.91. The number of hydrogen-bond donors (Lipinski definition) is 1. The van der Waals surface area contributed by atoms with E-state index in [1.165, 1.54) is 0 Å². The molecule has 0 saturated carbocycles. The molecule has 2 aromatic carbocycles. The third-order valence-electron chi connectivity index (χ3n) is 5.17. The first kappa shape index (κ1) is 17.4. The van der Waals surface area contributed by atoms with Crippen LogP contribution in [0.4, 0.5) is 5.69 Å². The highest BCUT2D eigenvalue weighted by molar-refractivity contribution is 5.97. The molecular weight excluding hydrogens is 374 g/mol. The molecule has 5 rings (SSSR count). The smallest absolute Gasteiger partial charge is 0.340 e. The Morgan fingerprint density at radius 2 is 1.86 bits per heavy atom. The van der Waals surface area contributed by atoms with E-state index in [9.17, 15) is 9.59 Å². The molecule has 7 heteroatoms. The van der Waals surface area contributed by atoms with Crippen LogP contribution in [0.15, 0.2) is 50.2 Å². The van der Waals surface area contributed by atoms with E-state index in [1.54, 1.807) is 30.5 Å². The summed E-state index contributed by atoms with van der Waals surface area (Å²) in [6.07, 6.45) is 1.57. The molecule has 0 aliphatic carbocycles. The SMILES string of the molecule is Cc1coc2cc3oc(=O)c(CC(=O)Nc4ccc5c(c4)OCO5)c(C)c3cc12. The summed E-state index contributed by atoms with van der Waals surface area (Å²) in [5.74, 6) is 0.887. The number of furan rings is 1. The molecule has 1 amide bonds. The first-order valence-corrected chi connectivity index (χ1v) is 9.13. The molecule has 4 aromatic rings. The van der Waals surface area contributed by atoms with Gasteiger partial charge in [0.15, 0.2) is 11.5 Å². The predicted molar refractivity (Wildman–Crippen MR) is 107 cm³/mol. The van der Waals surface area contributed by atoms with Gasteiger partial charge in [-0.25, -0.2) is 4.79 Å². The minimum atomic E-state index is -0.529. The minimum absolute atomic E-state index is 0.0963. The molecule has 0 atom stereocenters. The van der Waals surface area contributed by atoms with Gasteiger partial charge in [0.25, 0.3) is 0 Å². The summed E-state index contributed by atoms with van der Waals surface area (Å²) < 4.78 is 21.5. The Morgan fingerprint density at radius 1 is 1.03 bits per heavy atom. The normalized spacial score (nSPS) is 12.6. The molecule has 7 nitrogen and oxygen atoms in total. The molecule has 1 N–H and O–H groups in total. The highest BCUT2D eigenvalue weighted by Gasteiger charge is 2.18. The van der Waals surface area contributed by atoms with E-state index in [0.717, 1.165) is 21.9 Å². The number of amides is 1. The van der Waals surface area contributed by atoms with Gasteiger partial charge in [-0.2, -0.15) is 0 Å². The van der Waals surface area contributed by atoms with Gasteiger partial charge in [0, 0.05) is 28.6 Å². The quantitative estimate of drug-likeness (QED) is 0.530. The van der Waals surface area contributed by atoms with Crippen LogP contribution in [0.2, 0.25) is 0 Å². The number of aryl methyl sites for hydroxylation is 2. The number of anilines is 1. The van der Waals surface area contributed by atoms with Crippen LogP contribution >= 0.6 is 0 Å². The van der Waals surface area contributed by atoms with Gasteiger partial charge < -0.3 is 23.6 Å². The zero-order valence-corrected chi connectivity index (χ0v) is 15.8. The molecular formula is C22H17NO6. The van der Waals surface area contributed by atoms with Crippen molar-refractivity contribution in [3.63, 3.8) is 0 Å². The van der Waals surface area contributed by atoms with Crippen LogP contribution in [-0.4, -0.2) is 12.7 Å². The third-order valence-corrected chi connectivity index (χ3v) is 5.17. The molecule has 2 aromatic heterocycles. The Hall–Kier alpha value is -3.74. The van der Waals surface area contributed by atoms with Crippen molar-refractivity contribution >= 4 is 33.5 Å². The average molecular weight is 391 g/mol. The maximum absolute atomic E-state index is 12.6. The van der Waals surface area contributed by atoms with Gasteiger partial charge in [-0.3, -0.25) is 4.79 Å². The van der Waals surface area contributed by atoms with Crippen LogP contribution in [0.3, 0.4) is 0 Å². The van der Waals surface area contributed by atoms with E-state index in [2.05, 4.69) is 5.32 Å². The molecule has 0 fully saturated rings. The Bertz CT molecular complexity index is 1350. The lowest BCUT2D eigenvalue weighted by Crippen LogP contribution is -2.20. The van der Waals surface area contributed by atoms with E-state index in [4.69, 9.17) is 18.3 Å². The largest absolute Gasteiger partial charge is 0.464 e. The second-order valence-corrected chi connectivity index (χ2v) is 7.05. The molecule has 29 heavy (non-hydrogen) atoms. The van der Waals surface area contributed by atoms with Gasteiger partial charge in [-0.05, 0) is 43.2 Å². The first-order valence-electron chi connectivity index (χ1n) is 9.13. The van der Waals surface area contributed by atoms with Gasteiger partial charge in [-0.1, -0.05) is 0 Å². The van der Waals surface area contributed by atoms with Crippen molar-refractivity contribution in [2.45, 2.75) is 20.3 Å². The molecule has 3 heterocycles. The van der Waals surface area contributed by atoms with Gasteiger partial charge in [0.05, 0.1) is 18.2 Å². The Morgan fingerprint density at radius 3 is 2.72 bits per heavy atom. The topological polar surface area (TPSA) is 90.9 Å². The number of benzene rings is 2. The summed E-state index contributed by atoms with van der Waals surface area (Å²) in [6, 6.07) is 8.78. The zero-order chi connectivity index (χ0) is 20.1. The van der Waals surface area contributed by atoms with Crippen molar-refractivity contribution in [2.75, 3.05) is 12.1 Å². The highest BCUT2D eigenvalue weighted by Crippen LogP contribution is 2.34. The molecule has 0 radical (unpaired) electrons. The standard InChI is InChI=1S/C22H17NO6/c1-11-9-26-18-8-19-15(6-14(11)18)12(2)16(22(25)29-19)7-21(24)23-13-3-4-17-20(5-13)28-10-27-17/h3-6,8-9H,7,10H2,1-2H3,(H,23,24). The molecule has 0 bridgehead atoms. The van der Waals surface area contributed by atoms with Gasteiger partial charge >= 0.3 is 5.63 Å². The van der Waals surface area contributed by atoms with Crippen LogP contribution in [0.25, 0.3) is 21.9 Å². The Balaban J connectivity index is 1.47. The van der Waals surface area contributed by atoms with Crippen molar-refractivity contribution in [2.24, 2.45) is 0 Å². The molecule has 0 unspecified atom stereocenters. The minimum Gasteiger partial charge on any atom is -0.464 e. The molecule has 1 aliphatic rings. The summed E-state index contributed by atoms with van der Waals surface area (Å²) in [6.45, 7) is 3.93. The maximum Gasteiger partial charge on any atom is 0.340 e. The van der Waals surface area contributed by atoms with Crippen LogP contribution in [0, 0.1) is 13.8 Å². The molecule has 0 spiro atoms. The number of nitrogens with one attached hydrogen (secondary N) is 1. The van der Waals surface area contributed by atoms with Gasteiger partial charge in [0.2, 0.25) is 12.7 Å². The van der Waals surface area contributed by atoms with Crippen LogP contribution < -0.4 is 20.4 Å². The Kier molecular flexibility index (Phi) is 3.84. The van der Waals surface area contributed by atoms with Crippen LogP contribution in [0.5, 0.6) is 11.5 Å². The molecule has 146 valence electrons. The van der Waals surface area contributed by atoms with Crippen molar-refractivity contribution in [3.05, 3.63) is 63.7 Å². The van der Waals surface area contributed by atoms with Crippen molar-refractivity contribution in [1.29, 1.82) is 0 Å². The fraction of sp³-hybridized carbons (Fsp3) is 0.182. The maximum atomic E-state index is 12.6. The summed E-state index contributed by atoms with van der Waals surface area (Å²) in [5, 5.41) is 4.52. The van der Waals surface area contributed by atoms with Gasteiger partial charge in [-0.15, -0.1) is 0 Å². The van der Waals surface area contributed by atoms with E-state index in [0.29, 0.717) is 33.9 Å². The van der Waals surface area contributed by atoms with Crippen molar-refractivity contribution in [3.8, 4) is 11.5 Å². The van der Waals surface area contributed by atoms with Crippen LogP contribution in [-0.2, 0) is 11.2 Å². The first-order chi connectivity index (χ1) is 14.0. The predicted octanol–water partition coefficient (Wildman–Crippen LogP) is 4.07.